The Kier molecular flexibility index (Phi) is 3.72. The first kappa shape index (κ1) is 13.0. The molecule has 7 heteroatoms. The van der Waals surface area contributed by atoms with Gasteiger partial charge in [-0.15, -0.1) is 0 Å². The van der Waals surface area contributed by atoms with Gasteiger partial charge in [0.1, 0.15) is 5.56 Å². The molecule has 0 N–H and O–H groups in total. The SMILES string of the molecule is CCN(C)C(=O)c1cc(F)c(F)cc1[N+](=O)[O-]. The van der Waals surface area contributed by atoms with Gasteiger partial charge in [0.05, 0.1) is 11.0 Å². The molecule has 0 aliphatic heterocycles. The fourth-order valence-corrected chi connectivity index (χ4v) is 1.21. The van der Waals surface area contributed by atoms with Crippen LogP contribution < -0.4 is 0 Å². The van der Waals surface area contributed by atoms with Gasteiger partial charge in [-0.05, 0) is 13.0 Å². The molecule has 0 aliphatic rings. The zero-order chi connectivity index (χ0) is 13.2. The van der Waals surface area contributed by atoms with Gasteiger partial charge in [-0.25, -0.2) is 8.78 Å². The standard InChI is InChI=1S/C10H10F2N2O3/c1-3-13(2)10(15)6-4-7(11)8(12)5-9(6)14(16)17/h4-5H,3H2,1-2H3. The van der Waals surface area contributed by atoms with E-state index >= 15 is 0 Å². The molecule has 1 aromatic rings. The van der Waals surface area contributed by atoms with E-state index in [9.17, 15) is 23.7 Å². The minimum atomic E-state index is -1.35. The highest BCUT2D eigenvalue weighted by Crippen LogP contribution is 2.23. The van der Waals surface area contributed by atoms with E-state index in [0.717, 1.165) is 0 Å². The first-order valence-corrected chi connectivity index (χ1v) is 4.77. The van der Waals surface area contributed by atoms with Crippen LogP contribution in [-0.2, 0) is 0 Å². The number of rotatable bonds is 3. The largest absolute Gasteiger partial charge is 0.342 e. The van der Waals surface area contributed by atoms with Crippen molar-refractivity contribution in [1.82, 2.24) is 4.90 Å². The number of nitro benzene ring substituents is 1. The van der Waals surface area contributed by atoms with Crippen molar-refractivity contribution in [3.63, 3.8) is 0 Å². The van der Waals surface area contributed by atoms with Crippen LogP contribution in [0.25, 0.3) is 0 Å². The van der Waals surface area contributed by atoms with Crippen molar-refractivity contribution >= 4 is 11.6 Å². The summed E-state index contributed by atoms with van der Waals surface area (Å²) >= 11 is 0. The normalized spacial score (nSPS) is 10.1. The van der Waals surface area contributed by atoms with Crippen molar-refractivity contribution in [3.05, 3.63) is 39.4 Å². The molecule has 0 aliphatic carbocycles. The predicted octanol–water partition coefficient (Wildman–Crippen LogP) is 1.96. The maximum Gasteiger partial charge on any atom is 0.285 e. The van der Waals surface area contributed by atoms with Gasteiger partial charge < -0.3 is 4.90 Å². The number of hydrogen-bond acceptors (Lipinski definition) is 3. The van der Waals surface area contributed by atoms with E-state index in [2.05, 4.69) is 0 Å². The monoisotopic (exact) mass is 244 g/mol. The Morgan fingerprint density at radius 2 is 1.94 bits per heavy atom. The lowest BCUT2D eigenvalue weighted by Crippen LogP contribution is -2.27. The average molecular weight is 244 g/mol. The fraction of sp³-hybridized carbons (Fsp3) is 0.300. The van der Waals surface area contributed by atoms with Gasteiger partial charge in [-0.3, -0.25) is 14.9 Å². The van der Waals surface area contributed by atoms with E-state index in [4.69, 9.17) is 0 Å². The van der Waals surface area contributed by atoms with E-state index in [-0.39, 0.29) is 0 Å². The predicted molar refractivity (Wildman–Crippen MR) is 55.6 cm³/mol. The minimum absolute atomic E-state index is 0.301. The lowest BCUT2D eigenvalue weighted by Gasteiger charge is -2.14. The summed E-state index contributed by atoms with van der Waals surface area (Å²) in [5.74, 6) is -3.37. The summed E-state index contributed by atoms with van der Waals surface area (Å²) in [6.07, 6.45) is 0. The number of carbonyl (C=O) groups excluding carboxylic acids is 1. The van der Waals surface area contributed by atoms with Crippen molar-refractivity contribution in [1.29, 1.82) is 0 Å². The van der Waals surface area contributed by atoms with Crippen LogP contribution in [0.15, 0.2) is 12.1 Å². The van der Waals surface area contributed by atoms with Crippen LogP contribution >= 0.6 is 0 Å². The minimum Gasteiger partial charge on any atom is -0.342 e. The third-order valence-corrected chi connectivity index (χ3v) is 2.29. The Labute approximate surface area is 95.8 Å². The smallest absolute Gasteiger partial charge is 0.285 e. The molecule has 0 atom stereocenters. The summed E-state index contributed by atoms with van der Waals surface area (Å²) in [6, 6.07) is 0.952. The zero-order valence-electron chi connectivity index (χ0n) is 9.24. The molecule has 0 radical (unpaired) electrons. The molecule has 0 fully saturated rings. The van der Waals surface area contributed by atoms with Gasteiger partial charge in [0, 0.05) is 13.6 Å². The number of amides is 1. The number of nitrogens with zero attached hydrogens (tertiary/aromatic N) is 2. The van der Waals surface area contributed by atoms with Crippen molar-refractivity contribution in [2.24, 2.45) is 0 Å². The summed E-state index contributed by atoms with van der Waals surface area (Å²) in [7, 11) is 1.41. The van der Waals surface area contributed by atoms with Crippen molar-refractivity contribution in [2.75, 3.05) is 13.6 Å². The fourth-order valence-electron chi connectivity index (χ4n) is 1.21. The topological polar surface area (TPSA) is 63.5 Å². The van der Waals surface area contributed by atoms with E-state index in [1.165, 1.54) is 11.9 Å². The summed E-state index contributed by atoms with van der Waals surface area (Å²) < 4.78 is 25.8. The number of hydrogen-bond donors (Lipinski definition) is 0. The van der Waals surface area contributed by atoms with Crippen LogP contribution in [0, 0.1) is 21.7 Å². The number of halogens is 2. The molecule has 0 unspecified atom stereocenters. The summed E-state index contributed by atoms with van der Waals surface area (Å²) in [4.78, 5) is 22.6. The van der Waals surface area contributed by atoms with E-state index in [1.54, 1.807) is 6.92 Å². The Balaban J connectivity index is 3.36. The molecule has 0 bridgehead atoms. The highest BCUT2D eigenvalue weighted by molar-refractivity contribution is 5.98. The summed E-state index contributed by atoms with van der Waals surface area (Å²) in [5.41, 5.74) is -1.20. The molecule has 0 saturated heterocycles. The molecule has 1 rings (SSSR count). The van der Waals surface area contributed by atoms with Crippen LogP contribution in [-0.4, -0.2) is 29.3 Å². The van der Waals surface area contributed by atoms with Gasteiger partial charge in [0.25, 0.3) is 11.6 Å². The van der Waals surface area contributed by atoms with Crippen LogP contribution in [0.3, 0.4) is 0 Å². The van der Waals surface area contributed by atoms with E-state index < -0.39 is 33.7 Å². The maximum absolute atomic E-state index is 13.0. The number of nitro groups is 1. The number of carbonyl (C=O) groups is 1. The molecule has 1 amide bonds. The molecule has 0 aromatic heterocycles. The molecule has 0 saturated carbocycles. The molecular formula is C10H10F2N2O3. The molecule has 92 valence electrons. The average Bonchev–Trinajstić information content (AvgIpc) is 2.29. The summed E-state index contributed by atoms with van der Waals surface area (Å²) in [6.45, 7) is 1.96. The second kappa shape index (κ2) is 4.86. The van der Waals surface area contributed by atoms with Gasteiger partial charge in [-0.1, -0.05) is 0 Å². The molecular weight excluding hydrogens is 234 g/mol. The highest BCUT2D eigenvalue weighted by Gasteiger charge is 2.25. The zero-order valence-corrected chi connectivity index (χ0v) is 9.24. The van der Waals surface area contributed by atoms with E-state index in [0.29, 0.717) is 18.7 Å². The van der Waals surface area contributed by atoms with Gasteiger partial charge in [0.15, 0.2) is 11.6 Å². The Morgan fingerprint density at radius 3 is 2.41 bits per heavy atom. The second-order valence-corrected chi connectivity index (χ2v) is 3.36. The Morgan fingerprint density at radius 1 is 1.41 bits per heavy atom. The number of benzene rings is 1. The lowest BCUT2D eigenvalue weighted by atomic mass is 10.1. The molecule has 0 spiro atoms. The third kappa shape index (κ3) is 2.55. The second-order valence-electron chi connectivity index (χ2n) is 3.36. The maximum atomic E-state index is 13.0. The quantitative estimate of drug-likeness (QED) is 0.603. The third-order valence-electron chi connectivity index (χ3n) is 2.29. The van der Waals surface area contributed by atoms with Crippen LogP contribution in [0.5, 0.6) is 0 Å². The van der Waals surface area contributed by atoms with Crippen molar-refractivity contribution < 1.29 is 18.5 Å². The van der Waals surface area contributed by atoms with Crippen LogP contribution in [0.2, 0.25) is 0 Å². The van der Waals surface area contributed by atoms with Gasteiger partial charge in [-0.2, -0.15) is 0 Å². The van der Waals surface area contributed by atoms with Gasteiger partial charge >= 0.3 is 0 Å². The highest BCUT2D eigenvalue weighted by atomic mass is 19.2. The molecule has 1 aromatic carbocycles. The molecule has 17 heavy (non-hydrogen) atoms. The van der Waals surface area contributed by atoms with Crippen molar-refractivity contribution in [3.8, 4) is 0 Å². The van der Waals surface area contributed by atoms with Crippen LogP contribution in [0.1, 0.15) is 17.3 Å². The first-order valence-electron chi connectivity index (χ1n) is 4.77. The van der Waals surface area contributed by atoms with E-state index in [1.807, 2.05) is 0 Å². The van der Waals surface area contributed by atoms with Crippen molar-refractivity contribution in [2.45, 2.75) is 6.92 Å². The Bertz CT molecular complexity index is 477. The van der Waals surface area contributed by atoms with Gasteiger partial charge in [0.2, 0.25) is 0 Å². The Hall–Kier alpha value is -2.05. The first-order chi connectivity index (χ1) is 7.88. The molecule has 5 nitrogen and oxygen atoms in total. The molecule has 0 heterocycles. The summed E-state index contributed by atoms with van der Waals surface area (Å²) in [5, 5.41) is 10.6. The van der Waals surface area contributed by atoms with Crippen LogP contribution in [0.4, 0.5) is 14.5 Å². The lowest BCUT2D eigenvalue weighted by molar-refractivity contribution is -0.385.